The number of carbonyl (C=O) groups is 9. The molecule has 0 unspecified atom stereocenters. The van der Waals surface area contributed by atoms with Gasteiger partial charge in [0.2, 0.25) is 47.3 Å². The van der Waals surface area contributed by atoms with Gasteiger partial charge in [-0.05, 0) is 81.6 Å². The Labute approximate surface area is 456 Å². The number of aromatic amines is 1. The summed E-state index contributed by atoms with van der Waals surface area (Å²) in [5.74, 6) is -7.19. The lowest BCUT2D eigenvalue weighted by atomic mass is 10.00. The maximum absolute atomic E-state index is 14.4. The number of rotatable bonds is 32. The van der Waals surface area contributed by atoms with Crippen molar-refractivity contribution < 1.29 is 53.4 Å². The number of imidazole rings is 1. The van der Waals surface area contributed by atoms with Crippen LogP contribution >= 0.6 is 0 Å². The smallest absolute Gasteiger partial charge is 0.303 e. The van der Waals surface area contributed by atoms with Gasteiger partial charge in [0.25, 0.3) is 0 Å². The van der Waals surface area contributed by atoms with E-state index in [4.69, 9.17) is 17.2 Å². The van der Waals surface area contributed by atoms with Crippen molar-refractivity contribution in [3.05, 3.63) is 54.1 Å². The van der Waals surface area contributed by atoms with Crippen molar-refractivity contribution in [1.82, 2.24) is 51.7 Å². The van der Waals surface area contributed by atoms with Gasteiger partial charge in [0.05, 0.1) is 19.0 Å². The molecule has 15 N–H and O–H groups in total. The van der Waals surface area contributed by atoms with Crippen molar-refractivity contribution in [3.8, 4) is 0 Å². The summed E-state index contributed by atoms with van der Waals surface area (Å²) in [4.78, 5) is 137. The molecule has 4 rings (SSSR count). The monoisotopic (exact) mass is 1090 g/mol. The van der Waals surface area contributed by atoms with Crippen LogP contribution in [0.3, 0.4) is 0 Å². The number of aromatic nitrogens is 2. The first kappa shape index (κ1) is 63.4. The topological polar surface area (TPSA) is 392 Å². The largest absolute Gasteiger partial charge is 0.481 e. The van der Waals surface area contributed by atoms with Crippen molar-refractivity contribution in [1.29, 1.82) is 0 Å². The van der Waals surface area contributed by atoms with E-state index in [9.17, 15) is 53.4 Å². The van der Waals surface area contributed by atoms with Gasteiger partial charge in [-0.15, -0.1) is 0 Å². The SMILES string of the molecule is CCCC[C@H](N)C(=O)N1CCC[C@H]1C(=O)N[C@@H](CC(C)C)C(=O)N[C@@H](Cc1cnc[nH]1)C(=O)N[C@@H](CO)C(=O)N[C@@H](CCCN=C(N)N)C(=O)N[C@H](C(=O)N1CCC[C@H]1C(=O)N[C@H](CCC(=O)O)Cc1ccccc1)C(C)C. The Bertz CT molecular complexity index is 2330. The van der Waals surface area contributed by atoms with Gasteiger partial charge in [0, 0.05) is 50.4 Å². The number of benzene rings is 1. The van der Waals surface area contributed by atoms with Crippen LogP contribution in [0, 0.1) is 11.8 Å². The molecule has 0 saturated carbocycles. The minimum absolute atomic E-state index is 0.0501. The number of unbranched alkanes of at least 4 members (excludes halogenated alkanes) is 1. The van der Waals surface area contributed by atoms with Gasteiger partial charge in [0.15, 0.2) is 5.96 Å². The van der Waals surface area contributed by atoms with Gasteiger partial charge in [-0.25, -0.2) is 4.98 Å². The Morgan fingerprint density at radius 1 is 0.731 bits per heavy atom. The van der Waals surface area contributed by atoms with Crippen LogP contribution in [0.15, 0.2) is 47.8 Å². The first-order valence-corrected chi connectivity index (χ1v) is 27.2. The lowest BCUT2D eigenvalue weighted by Crippen LogP contribution is -2.61. The van der Waals surface area contributed by atoms with E-state index < -0.39 is 114 Å². The number of amides is 8. The number of carboxylic acids is 1. The van der Waals surface area contributed by atoms with E-state index in [2.05, 4.69) is 46.9 Å². The number of aliphatic carboxylic acids is 1. The quantitative estimate of drug-likeness (QED) is 0.0243. The van der Waals surface area contributed by atoms with Crippen LogP contribution in [0.5, 0.6) is 0 Å². The molecule has 9 atom stereocenters. The number of aliphatic imine (C=N–C) groups is 1. The van der Waals surface area contributed by atoms with Gasteiger partial charge in [-0.2, -0.15) is 0 Å². The summed E-state index contributed by atoms with van der Waals surface area (Å²) >= 11 is 0. The molecule has 2 aliphatic heterocycles. The highest BCUT2D eigenvalue weighted by Gasteiger charge is 2.41. The van der Waals surface area contributed by atoms with Crippen molar-refractivity contribution >= 4 is 59.2 Å². The van der Waals surface area contributed by atoms with E-state index in [1.165, 1.54) is 22.3 Å². The Kier molecular flexibility index (Phi) is 25.9. The molecular weight excluding hydrogens is 1010 g/mol. The maximum atomic E-state index is 14.4. The highest BCUT2D eigenvalue weighted by molar-refractivity contribution is 5.98. The summed E-state index contributed by atoms with van der Waals surface area (Å²) in [5.41, 5.74) is 18.6. The predicted molar refractivity (Wildman–Crippen MR) is 289 cm³/mol. The van der Waals surface area contributed by atoms with Gasteiger partial charge >= 0.3 is 5.97 Å². The molecule has 25 nitrogen and oxygen atoms in total. The van der Waals surface area contributed by atoms with Gasteiger partial charge < -0.3 is 74.1 Å². The fourth-order valence-electron chi connectivity index (χ4n) is 9.61. The Morgan fingerprint density at radius 2 is 1.32 bits per heavy atom. The third kappa shape index (κ3) is 20.0. The summed E-state index contributed by atoms with van der Waals surface area (Å²) < 4.78 is 0. The second kappa shape index (κ2) is 31.9. The van der Waals surface area contributed by atoms with Crippen LogP contribution in [0.1, 0.15) is 123 Å². The molecule has 432 valence electrons. The molecule has 0 spiro atoms. The van der Waals surface area contributed by atoms with Gasteiger partial charge in [0.1, 0.15) is 42.3 Å². The van der Waals surface area contributed by atoms with Crippen LogP contribution in [0.2, 0.25) is 0 Å². The van der Waals surface area contributed by atoms with Crippen molar-refractivity contribution in [3.63, 3.8) is 0 Å². The average molecular weight is 1090 g/mol. The van der Waals surface area contributed by atoms with Crippen molar-refractivity contribution in [2.45, 2.75) is 179 Å². The van der Waals surface area contributed by atoms with Gasteiger partial charge in [-0.1, -0.05) is 77.8 Å². The molecule has 8 amide bonds. The number of aliphatic hydroxyl groups is 1. The zero-order valence-corrected chi connectivity index (χ0v) is 45.7. The van der Waals surface area contributed by atoms with Crippen LogP contribution in [0.4, 0.5) is 0 Å². The molecule has 2 fully saturated rings. The van der Waals surface area contributed by atoms with E-state index in [0.717, 1.165) is 18.4 Å². The number of nitrogens with two attached hydrogens (primary N) is 3. The van der Waals surface area contributed by atoms with E-state index in [0.29, 0.717) is 50.8 Å². The van der Waals surface area contributed by atoms with Crippen LogP contribution in [-0.2, 0) is 56.0 Å². The van der Waals surface area contributed by atoms with Gasteiger partial charge in [-0.3, -0.25) is 48.1 Å². The molecule has 0 bridgehead atoms. The number of aliphatic hydroxyl groups excluding tert-OH is 1. The Balaban J connectivity index is 1.50. The normalized spacial score (nSPS) is 17.9. The number of hydrogen-bond donors (Lipinski definition) is 12. The number of nitrogens with zero attached hydrogens (tertiary/aromatic N) is 4. The van der Waals surface area contributed by atoms with E-state index in [-0.39, 0.29) is 69.4 Å². The molecule has 2 aliphatic rings. The molecule has 0 radical (unpaired) electrons. The molecular formula is C53H84N14O11. The average Bonchev–Trinajstić information content (AvgIpc) is 4.23. The highest BCUT2D eigenvalue weighted by atomic mass is 16.4. The standard InChI is InChI=1S/C53H84N14O11/c1-6-7-16-36(54)51(77)66-23-12-19-42(66)50(76)63-38(25-31(2)3)46(72)62-39(27-35-28-57-30-59-35)47(73)64-40(29-68)48(74)61-37(17-11-22-58-53(55)56)45(71)65-44(32(4)5)52(78)67-24-13-18-41(67)49(75)60-34(20-21-43(69)70)26-33-14-9-8-10-15-33/h8-10,14-15,28,30-32,34,36-42,44,68H,6-7,11-13,16-27,29,54H2,1-5H3,(H,57,59)(H,60,75)(H,61,74)(H,62,72)(H,63,76)(H,64,73)(H,65,71)(H,69,70)(H4,55,56,58)/t34-,36+,37+,38+,39+,40+,41+,42+,44+/m1/s1. The first-order chi connectivity index (χ1) is 37.1. The number of guanidine groups is 1. The van der Waals surface area contributed by atoms with Crippen LogP contribution < -0.4 is 49.1 Å². The second-order valence-corrected chi connectivity index (χ2v) is 21.0. The number of carbonyl (C=O) groups excluding carboxylic acids is 8. The van der Waals surface area contributed by atoms with Crippen molar-refractivity contribution in [2.24, 2.45) is 34.0 Å². The maximum Gasteiger partial charge on any atom is 0.303 e. The molecule has 25 heteroatoms. The summed E-state index contributed by atoms with van der Waals surface area (Å²) in [7, 11) is 0. The summed E-state index contributed by atoms with van der Waals surface area (Å²) in [5, 5.41) is 36.3. The molecule has 0 aliphatic carbocycles. The number of likely N-dealkylation sites (tertiary alicyclic amines) is 2. The lowest BCUT2D eigenvalue weighted by Gasteiger charge is -2.32. The van der Waals surface area contributed by atoms with E-state index in [1.807, 2.05) is 51.1 Å². The van der Waals surface area contributed by atoms with E-state index in [1.54, 1.807) is 13.8 Å². The highest BCUT2D eigenvalue weighted by Crippen LogP contribution is 2.23. The summed E-state index contributed by atoms with van der Waals surface area (Å²) in [6.07, 6.45) is 7.01. The number of carboxylic acid groups (broad SMARTS) is 1. The van der Waals surface area contributed by atoms with E-state index >= 15 is 0 Å². The van der Waals surface area contributed by atoms with Crippen LogP contribution in [0.25, 0.3) is 0 Å². The molecule has 1 aromatic carbocycles. The predicted octanol–water partition coefficient (Wildman–Crippen LogP) is -0.784. The lowest BCUT2D eigenvalue weighted by molar-refractivity contribution is -0.143. The minimum Gasteiger partial charge on any atom is -0.481 e. The molecule has 2 saturated heterocycles. The Morgan fingerprint density at radius 3 is 1.90 bits per heavy atom. The minimum atomic E-state index is -1.68. The number of H-pyrrole nitrogens is 1. The van der Waals surface area contributed by atoms with Crippen LogP contribution in [-0.4, -0.2) is 170 Å². The third-order valence-corrected chi connectivity index (χ3v) is 13.8. The number of hydrogen-bond acceptors (Lipinski definition) is 13. The number of nitrogens with one attached hydrogen (secondary N) is 7. The third-order valence-electron chi connectivity index (χ3n) is 13.8. The Hall–Kier alpha value is -7.15. The summed E-state index contributed by atoms with van der Waals surface area (Å²) in [6, 6.07) is -0.601. The zero-order chi connectivity index (χ0) is 57.5. The first-order valence-electron chi connectivity index (χ1n) is 27.2. The molecule has 2 aromatic rings. The molecule has 3 heterocycles. The second-order valence-electron chi connectivity index (χ2n) is 21.0. The fourth-order valence-corrected chi connectivity index (χ4v) is 9.61. The summed E-state index contributed by atoms with van der Waals surface area (Å²) in [6.45, 7) is 8.73. The molecule has 1 aromatic heterocycles. The zero-order valence-electron chi connectivity index (χ0n) is 45.7. The molecule has 78 heavy (non-hydrogen) atoms. The fraction of sp³-hybridized carbons (Fsp3) is 0.642. The van der Waals surface area contributed by atoms with Crippen molar-refractivity contribution in [2.75, 3.05) is 26.2 Å².